The van der Waals surface area contributed by atoms with Crippen LogP contribution in [0.1, 0.15) is 0 Å². The minimum Gasteiger partial charge on any atom is -0.490 e. The minimum absolute atomic E-state index is 0.110. The van der Waals surface area contributed by atoms with Crippen LogP contribution in [0.15, 0.2) is 54.6 Å². The Morgan fingerprint density at radius 1 is 0.920 bits per heavy atom. The standard InChI is InChI=1S/C19H24N2O4/c1-23-11-10-20-15-19(22)21-16-6-5-9-18(14-16)25-13-12-24-17-7-3-2-4-8-17/h2-9,14,20H,10-13,15H2,1H3,(H,21,22). The van der Waals surface area contributed by atoms with Crippen molar-refractivity contribution in [2.45, 2.75) is 0 Å². The molecule has 2 aromatic carbocycles. The Kier molecular flexibility index (Phi) is 8.31. The van der Waals surface area contributed by atoms with Crippen LogP contribution >= 0.6 is 0 Å². The summed E-state index contributed by atoms with van der Waals surface area (Å²) >= 11 is 0. The van der Waals surface area contributed by atoms with Gasteiger partial charge in [0, 0.05) is 25.4 Å². The van der Waals surface area contributed by atoms with E-state index in [0.717, 1.165) is 5.75 Å². The van der Waals surface area contributed by atoms with Crippen LogP contribution in [0.2, 0.25) is 0 Å². The average Bonchev–Trinajstić information content (AvgIpc) is 2.64. The molecule has 2 N–H and O–H groups in total. The summed E-state index contributed by atoms with van der Waals surface area (Å²) in [5.74, 6) is 1.38. The van der Waals surface area contributed by atoms with Crippen LogP contribution in [0.3, 0.4) is 0 Å². The molecule has 0 atom stereocenters. The lowest BCUT2D eigenvalue weighted by Crippen LogP contribution is -2.30. The summed E-state index contributed by atoms with van der Waals surface area (Å²) in [4.78, 5) is 11.8. The quantitative estimate of drug-likeness (QED) is 0.612. The van der Waals surface area contributed by atoms with Crippen LogP contribution in [0.5, 0.6) is 11.5 Å². The predicted octanol–water partition coefficient (Wildman–Crippen LogP) is 2.32. The zero-order valence-electron chi connectivity index (χ0n) is 14.4. The third-order valence-corrected chi connectivity index (χ3v) is 3.25. The van der Waals surface area contributed by atoms with Crippen LogP contribution in [-0.2, 0) is 9.53 Å². The minimum atomic E-state index is -0.110. The van der Waals surface area contributed by atoms with E-state index in [1.54, 1.807) is 13.2 Å². The van der Waals surface area contributed by atoms with Crippen molar-refractivity contribution >= 4 is 11.6 Å². The second kappa shape index (κ2) is 11.1. The highest BCUT2D eigenvalue weighted by molar-refractivity contribution is 5.92. The number of amides is 1. The highest BCUT2D eigenvalue weighted by Gasteiger charge is 2.03. The number of ether oxygens (including phenoxy) is 3. The molecule has 0 spiro atoms. The number of rotatable bonds is 11. The van der Waals surface area contributed by atoms with Crippen molar-refractivity contribution in [2.75, 3.05) is 45.3 Å². The largest absolute Gasteiger partial charge is 0.490 e. The molecule has 25 heavy (non-hydrogen) atoms. The first-order valence-corrected chi connectivity index (χ1v) is 8.18. The van der Waals surface area contributed by atoms with E-state index in [2.05, 4.69) is 10.6 Å². The van der Waals surface area contributed by atoms with Gasteiger partial charge in [-0.05, 0) is 24.3 Å². The molecule has 134 valence electrons. The molecular formula is C19H24N2O4. The molecule has 0 unspecified atom stereocenters. The Balaban J connectivity index is 1.70. The van der Waals surface area contributed by atoms with Crippen LogP contribution in [0.25, 0.3) is 0 Å². The third kappa shape index (κ3) is 7.69. The summed E-state index contributed by atoms with van der Waals surface area (Å²) in [6.45, 7) is 2.31. The van der Waals surface area contributed by atoms with Crippen molar-refractivity contribution in [3.8, 4) is 11.5 Å². The van der Waals surface area contributed by atoms with Gasteiger partial charge in [-0.15, -0.1) is 0 Å². The molecule has 2 rings (SSSR count). The highest BCUT2D eigenvalue weighted by Crippen LogP contribution is 2.17. The second-order valence-electron chi connectivity index (χ2n) is 5.26. The summed E-state index contributed by atoms with van der Waals surface area (Å²) in [5, 5.41) is 5.82. The van der Waals surface area contributed by atoms with E-state index in [1.165, 1.54) is 0 Å². The van der Waals surface area contributed by atoms with Gasteiger partial charge in [-0.3, -0.25) is 4.79 Å². The van der Waals surface area contributed by atoms with Gasteiger partial charge < -0.3 is 24.8 Å². The van der Waals surface area contributed by atoms with Crippen LogP contribution in [0, 0.1) is 0 Å². The van der Waals surface area contributed by atoms with Gasteiger partial charge in [0.25, 0.3) is 0 Å². The molecular weight excluding hydrogens is 320 g/mol. The Bertz CT molecular complexity index is 634. The number of carbonyl (C=O) groups is 1. The summed E-state index contributed by atoms with van der Waals surface area (Å²) in [6.07, 6.45) is 0. The number of benzene rings is 2. The third-order valence-electron chi connectivity index (χ3n) is 3.25. The fourth-order valence-corrected chi connectivity index (χ4v) is 2.08. The molecule has 0 fully saturated rings. The summed E-state index contributed by atoms with van der Waals surface area (Å²) in [6, 6.07) is 16.9. The molecule has 0 saturated carbocycles. The normalized spacial score (nSPS) is 10.3. The van der Waals surface area contributed by atoms with Crippen molar-refractivity contribution in [1.29, 1.82) is 0 Å². The van der Waals surface area contributed by atoms with E-state index in [0.29, 0.717) is 37.8 Å². The molecule has 6 heteroatoms. The van der Waals surface area contributed by atoms with Crippen molar-refractivity contribution < 1.29 is 19.0 Å². The number of anilines is 1. The van der Waals surface area contributed by atoms with Gasteiger partial charge >= 0.3 is 0 Å². The van der Waals surface area contributed by atoms with Gasteiger partial charge in [-0.2, -0.15) is 0 Å². The molecule has 0 radical (unpaired) electrons. The first-order valence-electron chi connectivity index (χ1n) is 8.18. The number of hydrogen-bond donors (Lipinski definition) is 2. The summed E-state index contributed by atoms with van der Waals surface area (Å²) in [5.41, 5.74) is 0.694. The van der Waals surface area contributed by atoms with E-state index in [4.69, 9.17) is 14.2 Å². The van der Waals surface area contributed by atoms with Gasteiger partial charge in [-0.1, -0.05) is 24.3 Å². The molecule has 2 aromatic rings. The SMILES string of the molecule is COCCNCC(=O)Nc1cccc(OCCOc2ccccc2)c1. The average molecular weight is 344 g/mol. The van der Waals surface area contributed by atoms with Crippen molar-refractivity contribution in [2.24, 2.45) is 0 Å². The van der Waals surface area contributed by atoms with E-state index in [9.17, 15) is 4.79 Å². The Labute approximate surface area is 148 Å². The molecule has 1 amide bonds. The lowest BCUT2D eigenvalue weighted by Gasteiger charge is -2.10. The molecule has 0 heterocycles. The molecule has 0 aliphatic heterocycles. The molecule has 6 nitrogen and oxygen atoms in total. The van der Waals surface area contributed by atoms with Gasteiger partial charge in [0.05, 0.1) is 13.2 Å². The van der Waals surface area contributed by atoms with Gasteiger partial charge in [0.2, 0.25) is 5.91 Å². The number of para-hydroxylation sites is 1. The number of nitrogens with one attached hydrogen (secondary N) is 2. The summed E-state index contributed by atoms with van der Waals surface area (Å²) in [7, 11) is 1.62. The van der Waals surface area contributed by atoms with Crippen molar-refractivity contribution in [3.63, 3.8) is 0 Å². The van der Waals surface area contributed by atoms with E-state index in [1.807, 2.05) is 48.5 Å². The maximum absolute atomic E-state index is 11.8. The monoisotopic (exact) mass is 344 g/mol. The Morgan fingerprint density at radius 2 is 1.64 bits per heavy atom. The lowest BCUT2D eigenvalue weighted by molar-refractivity contribution is -0.115. The fourth-order valence-electron chi connectivity index (χ4n) is 2.08. The first kappa shape index (κ1) is 18.8. The van der Waals surface area contributed by atoms with Crippen LogP contribution in [0.4, 0.5) is 5.69 Å². The molecule has 0 aliphatic rings. The van der Waals surface area contributed by atoms with E-state index in [-0.39, 0.29) is 12.5 Å². The zero-order chi connectivity index (χ0) is 17.7. The maximum Gasteiger partial charge on any atom is 0.238 e. The second-order valence-corrected chi connectivity index (χ2v) is 5.26. The molecule has 0 saturated heterocycles. The summed E-state index contributed by atoms with van der Waals surface area (Å²) < 4.78 is 16.1. The van der Waals surface area contributed by atoms with Gasteiger partial charge in [-0.25, -0.2) is 0 Å². The molecule has 0 aromatic heterocycles. The topological polar surface area (TPSA) is 68.8 Å². The highest BCUT2D eigenvalue weighted by atomic mass is 16.5. The Hall–Kier alpha value is -2.57. The lowest BCUT2D eigenvalue weighted by atomic mass is 10.3. The van der Waals surface area contributed by atoms with Gasteiger partial charge in [0.1, 0.15) is 24.7 Å². The van der Waals surface area contributed by atoms with Gasteiger partial charge in [0.15, 0.2) is 0 Å². The van der Waals surface area contributed by atoms with Crippen molar-refractivity contribution in [3.05, 3.63) is 54.6 Å². The first-order chi connectivity index (χ1) is 12.3. The molecule has 0 aliphatic carbocycles. The number of hydrogen-bond acceptors (Lipinski definition) is 5. The fraction of sp³-hybridized carbons (Fsp3) is 0.316. The number of methoxy groups -OCH3 is 1. The Morgan fingerprint density at radius 3 is 2.40 bits per heavy atom. The maximum atomic E-state index is 11.8. The number of carbonyl (C=O) groups excluding carboxylic acids is 1. The zero-order valence-corrected chi connectivity index (χ0v) is 14.4. The van der Waals surface area contributed by atoms with Crippen LogP contribution < -0.4 is 20.1 Å². The molecule has 0 bridgehead atoms. The predicted molar refractivity (Wildman–Crippen MR) is 97.2 cm³/mol. The van der Waals surface area contributed by atoms with E-state index < -0.39 is 0 Å². The smallest absolute Gasteiger partial charge is 0.238 e. The van der Waals surface area contributed by atoms with Crippen LogP contribution in [-0.4, -0.2) is 45.9 Å². The van der Waals surface area contributed by atoms with Crippen molar-refractivity contribution in [1.82, 2.24) is 5.32 Å². The van der Waals surface area contributed by atoms with E-state index >= 15 is 0 Å².